The Morgan fingerprint density at radius 1 is 1.17 bits per heavy atom. The van der Waals surface area contributed by atoms with Crippen molar-refractivity contribution in [3.05, 3.63) is 42.0 Å². The molecule has 2 aromatic rings. The van der Waals surface area contributed by atoms with Gasteiger partial charge < -0.3 is 10.5 Å². The van der Waals surface area contributed by atoms with Crippen LogP contribution in [-0.4, -0.2) is 31.1 Å². The number of methoxy groups -OCH3 is 1. The zero-order chi connectivity index (χ0) is 15.5. The molecular formula is C19H27ClN2O. The lowest BCUT2D eigenvalue weighted by atomic mass is 9.90. The molecule has 1 unspecified atom stereocenters. The molecule has 3 rings (SSSR count). The van der Waals surface area contributed by atoms with Gasteiger partial charge >= 0.3 is 0 Å². The lowest BCUT2D eigenvalue weighted by molar-refractivity contribution is 0.165. The maximum Gasteiger partial charge on any atom is 0.123 e. The van der Waals surface area contributed by atoms with Gasteiger partial charge in [0, 0.05) is 18.2 Å². The van der Waals surface area contributed by atoms with E-state index in [2.05, 4.69) is 48.2 Å². The number of likely N-dealkylation sites (tertiary alicyclic amines) is 1. The van der Waals surface area contributed by atoms with Crippen LogP contribution in [0.25, 0.3) is 10.8 Å². The van der Waals surface area contributed by atoms with Crippen LogP contribution in [-0.2, 0) is 6.54 Å². The van der Waals surface area contributed by atoms with Gasteiger partial charge in [-0.05, 0) is 55.6 Å². The standard InChI is InChI=1S/C19H26N2O.ClH/c1-14(20)15-9-11-21(12-10-15)13-18-17-6-4-3-5-16(17)7-8-19(18)22-2;/h3-8,14-15H,9-13,20H2,1-2H3;1H. The predicted molar refractivity (Wildman–Crippen MR) is 99.4 cm³/mol. The molecule has 1 aliphatic rings. The highest BCUT2D eigenvalue weighted by Crippen LogP contribution is 2.30. The lowest BCUT2D eigenvalue weighted by Gasteiger charge is -2.34. The van der Waals surface area contributed by atoms with Crippen molar-refractivity contribution in [1.29, 1.82) is 0 Å². The molecule has 1 saturated heterocycles. The molecular weight excluding hydrogens is 308 g/mol. The molecule has 2 aromatic carbocycles. The highest BCUT2D eigenvalue weighted by Gasteiger charge is 2.23. The predicted octanol–water partition coefficient (Wildman–Crippen LogP) is 3.83. The summed E-state index contributed by atoms with van der Waals surface area (Å²) in [6.07, 6.45) is 2.40. The van der Waals surface area contributed by atoms with Crippen LogP contribution in [0.2, 0.25) is 0 Å². The highest BCUT2D eigenvalue weighted by atomic mass is 35.5. The fourth-order valence-corrected chi connectivity index (χ4v) is 3.53. The fourth-order valence-electron chi connectivity index (χ4n) is 3.53. The van der Waals surface area contributed by atoms with Gasteiger partial charge in [0.1, 0.15) is 5.75 Å². The van der Waals surface area contributed by atoms with Gasteiger partial charge in [0.15, 0.2) is 0 Å². The molecule has 1 heterocycles. The van der Waals surface area contributed by atoms with E-state index in [9.17, 15) is 0 Å². The van der Waals surface area contributed by atoms with Crippen LogP contribution in [0.3, 0.4) is 0 Å². The minimum absolute atomic E-state index is 0. The van der Waals surface area contributed by atoms with Gasteiger partial charge in [-0.15, -0.1) is 12.4 Å². The van der Waals surface area contributed by atoms with Gasteiger partial charge in [0.25, 0.3) is 0 Å². The van der Waals surface area contributed by atoms with E-state index in [0.29, 0.717) is 12.0 Å². The molecule has 0 amide bonds. The summed E-state index contributed by atoms with van der Waals surface area (Å²) in [6, 6.07) is 13.1. The minimum atomic E-state index is 0. The van der Waals surface area contributed by atoms with Gasteiger partial charge in [0.05, 0.1) is 7.11 Å². The summed E-state index contributed by atoms with van der Waals surface area (Å²) >= 11 is 0. The molecule has 1 fully saturated rings. The number of ether oxygens (including phenoxy) is 1. The monoisotopic (exact) mass is 334 g/mol. The molecule has 23 heavy (non-hydrogen) atoms. The largest absolute Gasteiger partial charge is 0.496 e. The first kappa shape index (κ1) is 18.1. The second-order valence-electron chi connectivity index (χ2n) is 6.44. The number of nitrogens with zero attached hydrogens (tertiary/aromatic N) is 1. The van der Waals surface area contributed by atoms with Crippen molar-refractivity contribution < 1.29 is 4.74 Å². The van der Waals surface area contributed by atoms with E-state index in [0.717, 1.165) is 25.4 Å². The fraction of sp³-hybridized carbons (Fsp3) is 0.474. The summed E-state index contributed by atoms with van der Waals surface area (Å²) in [5, 5.41) is 2.58. The first-order valence-electron chi connectivity index (χ1n) is 8.21. The molecule has 0 aromatic heterocycles. The first-order valence-corrected chi connectivity index (χ1v) is 8.21. The molecule has 0 saturated carbocycles. The van der Waals surface area contributed by atoms with Crippen LogP contribution in [0.15, 0.2) is 36.4 Å². The Kier molecular flexibility index (Phi) is 6.28. The Labute approximate surface area is 145 Å². The third-order valence-electron chi connectivity index (χ3n) is 4.98. The van der Waals surface area contributed by atoms with Crippen molar-refractivity contribution in [2.75, 3.05) is 20.2 Å². The highest BCUT2D eigenvalue weighted by molar-refractivity contribution is 5.87. The lowest BCUT2D eigenvalue weighted by Crippen LogP contribution is -2.39. The van der Waals surface area contributed by atoms with Crippen molar-refractivity contribution >= 4 is 23.2 Å². The summed E-state index contributed by atoms with van der Waals surface area (Å²) < 4.78 is 5.61. The van der Waals surface area contributed by atoms with E-state index in [4.69, 9.17) is 10.5 Å². The third kappa shape index (κ3) is 3.97. The molecule has 2 N–H and O–H groups in total. The summed E-state index contributed by atoms with van der Waals surface area (Å²) in [4.78, 5) is 2.53. The molecule has 3 nitrogen and oxygen atoms in total. The molecule has 1 atom stereocenters. The number of halogens is 1. The Hall–Kier alpha value is -1.29. The topological polar surface area (TPSA) is 38.5 Å². The van der Waals surface area contributed by atoms with Crippen LogP contribution in [0, 0.1) is 5.92 Å². The molecule has 4 heteroatoms. The minimum Gasteiger partial charge on any atom is -0.496 e. The number of hydrogen-bond donors (Lipinski definition) is 1. The number of piperidine rings is 1. The Balaban J connectivity index is 0.00000192. The number of hydrogen-bond acceptors (Lipinski definition) is 3. The summed E-state index contributed by atoms with van der Waals surface area (Å²) in [6.45, 7) is 5.33. The van der Waals surface area contributed by atoms with Crippen molar-refractivity contribution in [2.24, 2.45) is 11.7 Å². The molecule has 0 bridgehead atoms. The van der Waals surface area contributed by atoms with Gasteiger partial charge in [-0.1, -0.05) is 30.3 Å². The quantitative estimate of drug-likeness (QED) is 0.923. The SMILES string of the molecule is COc1ccc2ccccc2c1CN1CCC(C(C)N)CC1.Cl. The van der Waals surface area contributed by atoms with Gasteiger partial charge in [-0.3, -0.25) is 4.90 Å². The molecule has 126 valence electrons. The smallest absolute Gasteiger partial charge is 0.123 e. The normalized spacial score (nSPS) is 17.7. The number of rotatable bonds is 4. The summed E-state index contributed by atoms with van der Waals surface area (Å²) in [5.41, 5.74) is 7.35. The van der Waals surface area contributed by atoms with Crippen LogP contribution in [0.4, 0.5) is 0 Å². The number of benzene rings is 2. The summed E-state index contributed by atoms with van der Waals surface area (Å²) in [5.74, 6) is 1.67. The summed E-state index contributed by atoms with van der Waals surface area (Å²) in [7, 11) is 1.76. The zero-order valence-electron chi connectivity index (χ0n) is 14.0. The van der Waals surface area contributed by atoms with E-state index in [1.807, 2.05) is 0 Å². The van der Waals surface area contributed by atoms with Crippen LogP contribution in [0.5, 0.6) is 5.75 Å². The molecule has 0 spiro atoms. The zero-order valence-corrected chi connectivity index (χ0v) is 14.8. The molecule has 1 aliphatic heterocycles. The van der Waals surface area contributed by atoms with Gasteiger partial charge in [0.2, 0.25) is 0 Å². The third-order valence-corrected chi connectivity index (χ3v) is 4.98. The number of nitrogens with two attached hydrogens (primary N) is 1. The van der Waals surface area contributed by atoms with Crippen LogP contribution in [0.1, 0.15) is 25.3 Å². The van der Waals surface area contributed by atoms with Crippen LogP contribution >= 0.6 is 12.4 Å². The van der Waals surface area contributed by atoms with E-state index >= 15 is 0 Å². The second kappa shape index (κ2) is 8.00. The van der Waals surface area contributed by atoms with Crippen molar-refractivity contribution in [3.63, 3.8) is 0 Å². The van der Waals surface area contributed by atoms with Gasteiger partial charge in [-0.2, -0.15) is 0 Å². The van der Waals surface area contributed by atoms with E-state index in [1.165, 1.54) is 29.2 Å². The maximum atomic E-state index is 6.05. The van der Waals surface area contributed by atoms with E-state index in [-0.39, 0.29) is 12.4 Å². The van der Waals surface area contributed by atoms with Crippen molar-refractivity contribution in [1.82, 2.24) is 4.90 Å². The van der Waals surface area contributed by atoms with Crippen LogP contribution < -0.4 is 10.5 Å². The van der Waals surface area contributed by atoms with E-state index in [1.54, 1.807) is 7.11 Å². The van der Waals surface area contributed by atoms with Crippen molar-refractivity contribution in [3.8, 4) is 5.75 Å². The molecule has 0 radical (unpaired) electrons. The average Bonchev–Trinajstić information content (AvgIpc) is 2.55. The Bertz CT molecular complexity index is 636. The van der Waals surface area contributed by atoms with E-state index < -0.39 is 0 Å². The first-order chi connectivity index (χ1) is 10.7. The average molecular weight is 335 g/mol. The van der Waals surface area contributed by atoms with Gasteiger partial charge in [-0.25, -0.2) is 0 Å². The maximum absolute atomic E-state index is 6.05. The Morgan fingerprint density at radius 3 is 2.52 bits per heavy atom. The number of fused-ring (bicyclic) bond motifs is 1. The Morgan fingerprint density at radius 2 is 1.87 bits per heavy atom. The second-order valence-corrected chi connectivity index (χ2v) is 6.44. The van der Waals surface area contributed by atoms with Crippen molar-refractivity contribution in [2.45, 2.75) is 32.4 Å². The molecule has 0 aliphatic carbocycles.